The van der Waals surface area contributed by atoms with Crippen molar-refractivity contribution < 1.29 is 62.4 Å². The number of methoxy groups -OCH3 is 3. The van der Waals surface area contributed by atoms with E-state index in [2.05, 4.69) is 105 Å². The number of likely N-dealkylation sites (tertiary alicyclic amines) is 2. The maximum atomic E-state index is 12.2. The molecular weight excluding hydrogens is 1440 g/mol. The molecule has 3 aliphatic rings. The van der Waals surface area contributed by atoms with Crippen LogP contribution in [0.1, 0.15) is 99.7 Å². The molecule has 2 aromatic heterocycles. The highest BCUT2D eigenvalue weighted by Crippen LogP contribution is 2.41. The van der Waals surface area contributed by atoms with Crippen LogP contribution in [0.2, 0.25) is 10.0 Å². The van der Waals surface area contributed by atoms with Crippen molar-refractivity contribution in [1.82, 2.24) is 25.1 Å². The number of esters is 2. The Morgan fingerprint density at radius 3 is 1.44 bits per heavy atom. The second-order valence-electron chi connectivity index (χ2n) is 26.1. The number of nitrogens with two attached hydrogens (primary N) is 2. The molecule has 0 amide bonds. The van der Waals surface area contributed by atoms with E-state index in [-0.39, 0.29) is 57.5 Å². The monoisotopic (exact) mass is 1530 g/mol. The van der Waals surface area contributed by atoms with Crippen molar-refractivity contribution in [3.8, 4) is 74.6 Å². The number of carbonyl (C=O) groups excluding carboxylic acids is 2. The minimum atomic E-state index is -0.667. The van der Waals surface area contributed by atoms with Crippen LogP contribution in [0.25, 0.3) is 22.3 Å². The van der Waals surface area contributed by atoms with E-state index in [4.69, 9.17) is 77.8 Å². The van der Waals surface area contributed by atoms with Crippen molar-refractivity contribution in [2.45, 2.75) is 117 Å². The molecule has 2 saturated heterocycles. The largest absolute Gasteiger partial charge is 0.493 e. The molecule has 2 unspecified atom stereocenters. The molecule has 2 fully saturated rings. The van der Waals surface area contributed by atoms with Gasteiger partial charge in [0.05, 0.1) is 80.0 Å². The molecule has 0 spiro atoms. The maximum absolute atomic E-state index is 12.2. The van der Waals surface area contributed by atoms with Gasteiger partial charge in [-0.15, -0.1) is 12.4 Å². The summed E-state index contributed by atoms with van der Waals surface area (Å²) in [6.45, 7) is 16.6. The molecule has 2 atom stereocenters. The highest BCUT2D eigenvalue weighted by atomic mass is 35.5. The summed E-state index contributed by atoms with van der Waals surface area (Å²) in [4.78, 5) is 40.0. The van der Waals surface area contributed by atoms with Crippen molar-refractivity contribution in [3.63, 3.8) is 0 Å². The first-order valence-electron chi connectivity index (χ1n) is 35.6. The maximum Gasteiger partial charge on any atom is 0.330 e. The number of aliphatic hydroxyl groups is 2. The van der Waals surface area contributed by atoms with Crippen LogP contribution in [0.3, 0.4) is 0 Å². The van der Waals surface area contributed by atoms with E-state index in [1.807, 2.05) is 42.5 Å². The number of nitrogens with zero attached hydrogens (tertiary/aromatic N) is 7. The number of benzene rings is 6. The number of rotatable bonds is 29. The molecule has 572 valence electrons. The third kappa shape index (κ3) is 23.4. The summed E-state index contributed by atoms with van der Waals surface area (Å²) in [5, 5.41) is 41.9. The highest BCUT2D eigenvalue weighted by Gasteiger charge is 2.29. The van der Waals surface area contributed by atoms with Crippen molar-refractivity contribution in [1.29, 1.82) is 10.5 Å². The molecule has 3 aliphatic heterocycles. The van der Waals surface area contributed by atoms with Gasteiger partial charge in [0, 0.05) is 99.9 Å². The van der Waals surface area contributed by atoms with E-state index in [9.17, 15) is 25.1 Å². The Morgan fingerprint density at radius 2 is 1.00 bits per heavy atom. The van der Waals surface area contributed by atoms with Gasteiger partial charge in [0.1, 0.15) is 85.2 Å². The Morgan fingerprint density at radius 1 is 0.556 bits per heavy atom. The lowest BCUT2D eigenvalue weighted by atomic mass is 9.93. The molecule has 6 aromatic carbocycles. The summed E-state index contributed by atoms with van der Waals surface area (Å²) >= 11 is 13.4. The van der Waals surface area contributed by atoms with Crippen LogP contribution in [-0.2, 0) is 45.5 Å². The number of nitrogens with one attached hydrogen (secondary N) is 1. The van der Waals surface area contributed by atoms with Gasteiger partial charge in [0.15, 0.2) is 11.5 Å². The molecule has 11 rings (SSSR count). The van der Waals surface area contributed by atoms with Gasteiger partial charge in [-0.2, -0.15) is 10.5 Å². The number of hydrogen-bond acceptors (Lipinski definition) is 23. The first-order valence-corrected chi connectivity index (χ1v) is 36.3. The number of piperidine rings is 2. The zero-order chi connectivity index (χ0) is 76.4. The molecule has 0 bridgehead atoms. The first-order chi connectivity index (χ1) is 51.8. The van der Waals surface area contributed by atoms with Gasteiger partial charge in [-0.05, 0) is 152 Å². The van der Waals surface area contributed by atoms with E-state index in [0.717, 1.165) is 150 Å². The van der Waals surface area contributed by atoms with Crippen LogP contribution in [-0.4, -0.2) is 159 Å². The number of aliphatic hydroxyl groups excluding tert-OH is 2. The third-order valence-electron chi connectivity index (χ3n) is 18.8. The van der Waals surface area contributed by atoms with Gasteiger partial charge in [-0.3, -0.25) is 19.8 Å². The van der Waals surface area contributed by atoms with Crippen LogP contribution < -0.4 is 49.9 Å². The van der Waals surface area contributed by atoms with Gasteiger partial charge in [0.2, 0.25) is 0 Å². The van der Waals surface area contributed by atoms with Gasteiger partial charge in [0.25, 0.3) is 0 Å². The standard InChI is InChI=1S/C41H44ClN5O6.C37H40ClN3O5.C4H10N2O2.ClH/c1-26-30(7-4-8-32(26)33-9-5-10-37(27(33)2)51-16-6-13-47-14-11-31(48)12-15-47)25-53-39-19-38(52-24-29-17-28(20-43)21-44-22-29)34(18-35(39)42)40-45-23-36(46-40)41(49)50-3;1-25-29(24-46-35-19-37(36(43-3)18-33(35)38)45-23-28-17-27(20-39)21-40-22-28)7-4-8-31(25)32-9-5-10-34(26(32)2)44-16-6-13-41-14-11-30(42)12-15-41;1-8-4(7)3(6)2-5;/h4-5,7-10,17-19,21-22,31,36,48H,6,11-16,23-25H2,1-3H3,(H,45,46);4-5,7-10,17-19,21-22,30,42H,6,11-16,23-24H2,1-3H3;3H,2,5-6H2,1H3;1H. The van der Waals surface area contributed by atoms with E-state index in [0.29, 0.717) is 86.7 Å². The number of ether oxygens (including phenoxy) is 9. The number of pyridine rings is 2. The Kier molecular flexibility index (Phi) is 32.7. The lowest BCUT2D eigenvalue weighted by Gasteiger charge is -2.29. The number of nitriles is 2. The lowest BCUT2D eigenvalue weighted by molar-refractivity contribution is -0.142. The fourth-order valence-electron chi connectivity index (χ4n) is 12.5. The summed E-state index contributed by atoms with van der Waals surface area (Å²) in [6.07, 6.45) is 11.2. The average molecular weight is 1540 g/mol. The fourth-order valence-corrected chi connectivity index (χ4v) is 12.9. The number of amidine groups is 1. The summed E-state index contributed by atoms with van der Waals surface area (Å²) in [5.41, 5.74) is 23.9. The van der Waals surface area contributed by atoms with Crippen molar-refractivity contribution in [2.75, 3.05) is 86.9 Å². The lowest BCUT2D eigenvalue weighted by Crippen LogP contribution is -2.38. The number of halogens is 3. The van der Waals surface area contributed by atoms with Crippen molar-refractivity contribution in [3.05, 3.63) is 205 Å². The molecule has 26 heteroatoms. The number of aromatic nitrogens is 2. The van der Waals surface area contributed by atoms with E-state index in [1.165, 1.54) is 26.6 Å². The zero-order valence-corrected chi connectivity index (χ0v) is 64.3. The third-order valence-corrected chi connectivity index (χ3v) is 19.4. The van der Waals surface area contributed by atoms with E-state index >= 15 is 0 Å². The molecule has 108 heavy (non-hydrogen) atoms. The highest BCUT2D eigenvalue weighted by molar-refractivity contribution is 6.33. The smallest absolute Gasteiger partial charge is 0.330 e. The first kappa shape index (κ1) is 83.9. The van der Waals surface area contributed by atoms with E-state index < -0.39 is 24.0 Å². The summed E-state index contributed by atoms with van der Waals surface area (Å²) in [7, 11) is 4.16. The van der Waals surface area contributed by atoms with Crippen LogP contribution in [0, 0.1) is 50.4 Å². The van der Waals surface area contributed by atoms with E-state index in [1.54, 1.807) is 55.9 Å². The Hall–Kier alpha value is -9.76. The topological polar surface area (TPSA) is 314 Å². The van der Waals surface area contributed by atoms with Crippen LogP contribution in [0.4, 0.5) is 0 Å². The van der Waals surface area contributed by atoms with Gasteiger partial charge in [-0.25, -0.2) is 4.79 Å². The predicted octanol–water partition coefficient (Wildman–Crippen LogP) is 12.3. The fraction of sp³-hybridized carbons (Fsp3) is 0.378. The second kappa shape index (κ2) is 42.1. The van der Waals surface area contributed by atoms with Gasteiger partial charge < -0.3 is 79.4 Å². The molecule has 0 radical (unpaired) electrons. The molecule has 7 N–H and O–H groups in total. The van der Waals surface area contributed by atoms with Gasteiger partial charge in [-0.1, -0.05) is 83.9 Å². The Balaban J connectivity index is 0.000000247. The van der Waals surface area contributed by atoms with Gasteiger partial charge >= 0.3 is 11.9 Å². The molecule has 23 nitrogen and oxygen atoms in total. The molecule has 5 heterocycles. The van der Waals surface area contributed by atoms with Crippen molar-refractivity contribution >= 4 is 53.4 Å². The van der Waals surface area contributed by atoms with Crippen LogP contribution in [0.5, 0.6) is 40.2 Å². The average Bonchev–Trinajstić information content (AvgIpc) is 1.52. The number of hydrogen-bond donors (Lipinski definition) is 5. The minimum absolute atomic E-state index is 0. The quantitative estimate of drug-likeness (QED) is 0.0215. The summed E-state index contributed by atoms with van der Waals surface area (Å²) < 4.78 is 52.0. The normalized spacial score (nSPS) is 14.6. The van der Waals surface area contributed by atoms with Crippen molar-refractivity contribution in [2.24, 2.45) is 16.5 Å². The predicted molar refractivity (Wildman–Crippen MR) is 418 cm³/mol. The second-order valence-corrected chi connectivity index (χ2v) is 26.9. The minimum Gasteiger partial charge on any atom is -0.493 e. The summed E-state index contributed by atoms with van der Waals surface area (Å²) in [6, 6.07) is 37.9. The zero-order valence-electron chi connectivity index (χ0n) is 62.0. The van der Waals surface area contributed by atoms with Crippen LogP contribution in [0.15, 0.2) is 139 Å². The van der Waals surface area contributed by atoms with Crippen LogP contribution >= 0.6 is 35.6 Å². The Labute approximate surface area is 648 Å². The molecule has 0 saturated carbocycles. The number of carbonyl (C=O) groups is 2. The molecule has 8 aromatic rings. The molecule has 0 aliphatic carbocycles. The SMILES string of the molecule is COC(=O)C(N)CN.COC(=O)C1CN=C(c2cc(Cl)c(OCc3cccc(-c4cccc(OCCCN5CCC(O)CC5)c4C)c3C)cc2OCc2cncc(C#N)c2)N1.COc1cc(Cl)c(OCc2cccc(-c3cccc(OCCCN4CCC(O)CC4)c3C)c2C)cc1OCc1cncc(C#N)c1.Cl. The molecular formula is C82H95Cl3N10O13. The number of aliphatic imine (C=N–C) groups is 1. The summed E-state index contributed by atoms with van der Waals surface area (Å²) in [5.74, 6) is 3.57. The Bertz CT molecular complexity index is 4440.